The lowest BCUT2D eigenvalue weighted by atomic mass is 10.1. The van der Waals surface area contributed by atoms with Crippen molar-refractivity contribution in [3.63, 3.8) is 0 Å². The van der Waals surface area contributed by atoms with Gasteiger partial charge in [-0.05, 0) is 42.3 Å². The van der Waals surface area contributed by atoms with Crippen LogP contribution in [0.1, 0.15) is 29.3 Å². The van der Waals surface area contributed by atoms with Crippen molar-refractivity contribution in [1.29, 1.82) is 0 Å². The summed E-state index contributed by atoms with van der Waals surface area (Å²) in [4.78, 5) is 21.4. The highest BCUT2D eigenvalue weighted by Gasteiger charge is 2.22. The van der Waals surface area contributed by atoms with Gasteiger partial charge in [-0.25, -0.2) is 4.99 Å². The normalized spacial score (nSPS) is 15.9. The summed E-state index contributed by atoms with van der Waals surface area (Å²) in [7, 11) is 3.08. The maximum Gasteiger partial charge on any atom is 0.322 e. The maximum atomic E-state index is 12.9. The molecule has 1 aliphatic heterocycles. The third-order valence-electron chi connectivity index (χ3n) is 4.36. The molecule has 152 valence electrons. The summed E-state index contributed by atoms with van der Waals surface area (Å²) in [6.07, 6.45) is 0.760. The van der Waals surface area contributed by atoms with Crippen LogP contribution in [-0.2, 0) is 15.9 Å². The number of nitrogens with one attached hydrogen (secondary N) is 1. The zero-order valence-electron chi connectivity index (χ0n) is 16.4. The van der Waals surface area contributed by atoms with Gasteiger partial charge in [-0.15, -0.1) is 0 Å². The molecule has 1 aliphatic rings. The van der Waals surface area contributed by atoms with E-state index in [0.29, 0.717) is 23.6 Å². The molecule has 0 radical (unpaired) electrons. The average Bonchev–Trinajstić information content (AvgIpc) is 2.74. The minimum absolute atomic E-state index is 0.0816. The van der Waals surface area contributed by atoms with E-state index in [1.54, 1.807) is 31.4 Å². The predicted molar refractivity (Wildman–Crippen MR) is 116 cm³/mol. The Hall–Kier alpha value is -2.71. The predicted octanol–water partition coefficient (Wildman–Crippen LogP) is 4.42. The van der Waals surface area contributed by atoms with Gasteiger partial charge in [-0.1, -0.05) is 35.0 Å². The smallest absolute Gasteiger partial charge is 0.322 e. The lowest BCUT2D eigenvalue weighted by Gasteiger charge is -2.18. The van der Waals surface area contributed by atoms with Crippen LogP contribution in [-0.4, -0.2) is 38.3 Å². The number of anilines is 1. The van der Waals surface area contributed by atoms with Gasteiger partial charge in [0, 0.05) is 17.3 Å². The summed E-state index contributed by atoms with van der Waals surface area (Å²) in [6, 6.07) is 12.8. The van der Waals surface area contributed by atoms with Gasteiger partial charge >= 0.3 is 6.02 Å². The van der Waals surface area contributed by atoms with E-state index in [1.807, 2.05) is 25.1 Å². The zero-order valence-corrected chi connectivity index (χ0v) is 18.0. The number of para-hydroxylation sites is 1. The Morgan fingerprint density at radius 2 is 2.03 bits per heavy atom. The van der Waals surface area contributed by atoms with Crippen LogP contribution in [0.4, 0.5) is 5.69 Å². The van der Waals surface area contributed by atoms with Crippen molar-refractivity contribution in [3.8, 4) is 5.75 Å². The van der Waals surface area contributed by atoms with E-state index in [1.165, 1.54) is 7.11 Å². The van der Waals surface area contributed by atoms with E-state index in [9.17, 15) is 4.79 Å². The van der Waals surface area contributed by atoms with Gasteiger partial charge in [0.1, 0.15) is 5.75 Å². The summed E-state index contributed by atoms with van der Waals surface area (Å²) >= 11 is 3.46. The van der Waals surface area contributed by atoms with Crippen molar-refractivity contribution in [1.82, 2.24) is 0 Å². The van der Waals surface area contributed by atoms with Crippen LogP contribution in [0.3, 0.4) is 0 Å². The second-order valence-electron chi connectivity index (χ2n) is 6.22. The van der Waals surface area contributed by atoms with Gasteiger partial charge in [-0.2, -0.15) is 4.99 Å². The summed E-state index contributed by atoms with van der Waals surface area (Å²) in [5, 5.41) is 2.96. The molecule has 0 saturated carbocycles. The number of halogens is 1. The fourth-order valence-electron chi connectivity index (χ4n) is 2.82. The molecule has 1 heterocycles. The number of benzene rings is 2. The number of carbonyl (C=O) groups is 1. The van der Waals surface area contributed by atoms with E-state index < -0.39 is 6.23 Å². The molecular weight excluding hydrogens is 438 g/mol. The molecule has 2 aromatic carbocycles. The Bertz CT molecular complexity index is 959. The minimum atomic E-state index is -0.451. The standard InChI is InChI=1S/C21H22BrN3O4/c1-4-13-11-14(22)9-10-16(13)23-20(26)15-7-5-6-8-17(15)29-21-24-18(27-2)12-19(25-21)28-3/h5-11,18H,4,12H2,1-3H3,(H,23,26)/t18-/m1/s1. The SMILES string of the molecule is CCc1cc(Br)ccc1NC(=O)c1ccccc1OC1=N[C@H](OC)CC(OC)=N1. The number of aliphatic imine (C=N–C) groups is 2. The van der Waals surface area contributed by atoms with E-state index in [2.05, 4.69) is 31.2 Å². The molecule has 8 heteroatoms. The molecule has 1 amide bonds. The van der Waals surface area contributed by atoms with Crippen molar-refractivity contribution in [2.24, 2.45) is 9.98 Å². The first-order valence-corrected chi connectivity index (χ1v) is 9.92. The molecule has 0 bridgehead atoms. The number of aryl methyl sites for hydroxylation is 1. The third kappa shape index (κ3) is 5.21. The van der Waals surface area contributed by atoms with Crippen LogP contribution in [0.5, 0.6) is 5.75 Å². The van der Waals surface area contributed by atoms with Crippen molar-refractivity contribution in [2.45, 2.75) is 26.0 Å². The zero-order chi connectivity index (χ0) is 20.8. The molecule has 3 rings (SSSR count). The molecule has 1 atom stereocenters. The van der Waals surface area contributed by atoms with Gasteiger partial charge in [0.05, 0.1) is 19.1 Å². The number of rotatable bonds is 5. The van der Waals surface area contributed by atoms with Gasteiger partial charge in [-0.3, -0.25) is 4.79 Å². The Morgan fingerprint density at radius 3 is 2.76 bits per heavy atom. The molecule has 7 nitrogen and oxygen atoms in total. The number of amidine groups is 1. The van der Waals surface area contributed by atoms with E-state index >= 15 is 0 Å². The van der Waals surface area contributed by atoms with Crippen LogP contribution in [0.25, 0.3) is 0 Å². The Morgan fingerprint density at radius 1 is 1.24 bits per heavy atom. The lowest BCUT2D eigenvalue weighted by Crippen LogP contribution is -2.26. The molecule has 29 heavy (non-hydrogen) atoms. The fraction of sp³-hybridized carbons (Fsp3) is 0.286. The van der Waals surface area contributed by atoms with Crippen molar-refractivity contribution in [2.75, 3.05) is 19.5 Å². The number of amides is 1. The number of carbonyl (C=O) groups excluding carboxylic acids is 1. The summed E-state index contributed by atoms with van der Waals surface area (Å²) < 4.78 is 17.3. The summed E-state index contributed by atoms with van der Waals surface area (Å²) in [5.74, 6) is 0.509. The van der Waals surface area contributed by atoms with Crippen LogP contribution < -0.4 is 10.1 Å². The minimum Gasteiger partial charge on any atom is -0.484 e. The van der Waals surface area contributed by atoms with Gasteiger partial charge in [0.25, 0.3) is 5.91 Å². The van der Waals surface area contributed by atoms with E-state index in [-0.39, 0.29) is 11.9 Å². The van der Waals surface area contributed by atoms with Gasteiger partial charge in [0.15, 0.2) is 12.1 Å². The highest BCUT2D eigenvalue weighted by Crippen LogP contribution is 2.25. The Balaban J connectivity index is 1.85. The number of hydrogen-bond acceptors (Lipinski definition) is 6. The maximum absolute atomic E-state index is 12.9. The summed E-state index contributed by atoms with van der Waals surface area (Å²) in [6.45, 7) is 2.04. The fourth-order valence-corrected chi connectivity index (χ4v) is 3.23. The lowest BCUT2D eigenvalue weighted by molar-refractivity contribution is 0.102. The molecule has 0 spiro atoms. The van der Waals surface area contributed by atoms with Crippen LogP contribution in [0, 0.1) is 0 Å². The highest BCUT2D eigenvalue weighted by atomic mass is 79.9. The second kappa shape index (κ2) is 9.67. The molecule has 0 aliphatic carbocycles. The van der Waals surface area contributed by atoms with Crippen LogP contribution in [0.15, 0.2) is 56.9 Å². The van der Waals surface area contributed by atoms with Crippen LogP contribution >= 0.6 is 15.9 Å². The van der Waals surface area contributed by atoms with Crippen molar-refractivity contribution in [3.05, 3.63) is 58.1 Å². The average molecular weight is 460 g/mol. The van der Waals surface area contributed by atoms with Gasteiger partial charge in [0.2, 0.25) is 0 Å². The quantitative estimate of drug-likeness (QED) is 0.717. The number of nitrogens with zero attached hydrogens (tertiary/aromatic N) is 2. The molecule has 0 saturated heterocycles. The Labute approximate surface area is 177 Å². The summed E-state index contributed by atoms with van der Waals surface area (Å²) in [5.41, 5.74) is 2.15. The highest BCUT2D eigenvalue weighted by molar-refractivity contribution is 9.10. The first kappa shape index (κ1) is 21.0. The molecular formula is C21H22BrN3O4. The molecule has 1 N–H and O–H groups in total. The number of hydrogen-bond donors (Lipinski definition) is 1. The second-order valence-corrected chi connectivity index (χ2v) is 7.14. The number of ether oxygens (including phenoxy) is 3. The first-order chi connectivity index (χ1) is 14.0. The van der Waals surface area contributed by atoms with Crippen molar-refractivity contribution < 1.29 is 19.0 Å². The van der Waals surface area contributed by atoms with Crippen molar-refractivity contribution >= 4 is 39.4 Å². The van der Waals surface area contributed by atoms with Crippen LogP contribution in [0.2, 0.25) is 0 Å². The monoisotopic (exact) mass is 459 g/mol. The first-order valence-electron chi connectivity index (χ1n) is 9.12. The molecule has 2 aromatic rings. The van der Waals surface area contributed by atoms with E-state index in [0.717, 1.165) is 22.1 Å². The topological polar surface area (TPSA) is 81.5 Å². The third-order valence-corrected chi connectivity index (χ3v) is 4.85. The largest absolute Gasteiger partial charge is 0.484 e. The Kier molecular flexibility index (Phi) is 7.00. The molecule has 0 fully saturated rings. The number of methoxy groups -OCH3 is 2. The van der Waals surface area contributed by atoms with E-state index in [4.69, 9.17) is 14.2 Å². The molecule has 0 unspecified atom stereocenters. The van der Waals surface area contributed by atoms with Gasteiger partial charge < -0.3 is 19.5 Å². The molecule has 0 aromatic heterocycles.